The first kappa shape index (κ1) is 23.3. The highest BCUT2D eigenvalue weighted by Crippen LogP contribution is 2.62. The molecule has 3 aliphatic carbocycles. The van der Waals surface area contributed by atoms with Crippen molar-refractivity contribution in [2.75, 3.05) is 13.1 Å². The number of sulfonamides is 1. The number of carbonyl (C=O) groups is 1. The van der Waals surface area contributed by atoms with Gasteiger partial charge in [0.2, 0.25) is 15.9 Å². The van der Waals surface area contributed by atoms with Gasteiger partial charge in [0.05, 0.1) is 29.1 Å². The van der Waals surface area contributed by atoms with Gasteiger partial charge in [0.15, 0.2) is 0 Å². The van der Waals surface area contributed by atoms with E-state index in [0.29, 0.717) is 29.9 Å². The molecule has 1 heterocycles. The molecular weight excluding hydrogens is 450 g/mol. The van der Waals surface area contributed by atoms with Crippen molar-refractivity contribution in [3.05, 3.63) is 29.8 Å². The van der Waals surface area contributed by atoms with Crippen molar-refractivity contribution in [1.82, 2.24) is 14.9 Å². The third-order valence-corrected chi connectivity index (χ3v) is 10.1. The second-order valence-electron chi connectivity index (χ2n) is 11.0. The fourth-order valence-corrected chi connectivity index (χ4v) is 8.80. The number of nitrogens with zero attached hydrogens (tertiary/aromatic N) is 3. The molecule has 0 radical (unpaired) electrons. The Morgan fingerprint density at radius 1 is 1.24 bits per heavy atom. The number of hydrogen-bond donors (Lipinski definition) is 2. The first-order chi connectivity index (χ1) is 16.2. The van der Waals surface area contributed by atoms with Crippen LogP contribution in [0.25, 0.3) is 0 Å². The highest BCUT2D eigenvalue weighted by molar-refractivity contribution is 7.89. The fraction of sp³-hybridized carbons (Fsp3) is 0.640. The molecule has 1 saturated heterocycles. The Hall–Kier alpha value is -2.46. The van der Waals surface area contributed by atoms with E-state index in [-0.39, 0.29) is 28.9 Å². The monoisotopic (exact) mass is 481 g/mol. The minimum atomic E-state index is -3.71. The Morgan fingerprint density at radius 3 is 2.82 bits per heavy atom. The molecule has 2 bridgehead atoms. The topological polar surface area (TPSA) is 126 Å². The summed E-state index contributed by atoms with van der Waals surface area (Å²) in [6.45, 7) is 3.08. The number of amides is 1. The van der Waals surface area contributed by atoms with Crippen LogP contribution in [0.4, 0.5) is 0 Å². The molecule has 4 aliphatic rings. The molecule has 180 valence electrons. The van der Waals surface area contributed by atoms with Crippen LogP contribution in [0, 0.1) is 40.4 Å². The lowest BCUT2D eigenvalue weighted by Gasteiger charge is -2.54. The molecule has 2 N–H and O–H groups in total. The minimum absolute atomic E-state index is 0.00463. The summed E-state index contributed by atoms with van der Waals surface area (Å²) in [5.41, 5.74) is -0.238. The summed E-state index contributed by atoms with van der Waals surface area (Å²) >= 11 is 0. The van der Waals surface area contributed by atoms with Crippen LogP contribution in [0.5, 0.6) is 0 Å². The second kappa shape index (κ2) is 8.34. The maximum Gasteiger partial charge on any atom is 0.241 e. The van der Waals surface area contributed by atoms with E-state index in [1.165, 1.54) is 6.07 Å². The Balaban J connectivity index is 1.24. The second-order valence-corrected chi connectivity index (χ2v) is 12.7. The SMILES string of the molecule is CC1(NCC(=O)N2CCCC2C#N)CC2CC3C(C1)CC3(NS(=O)(=O)c1cccc(C#N)c1)C2. The van der Waals surface area contributed by atoms with Crippen LogP contribution >= 0.6 is 0 Å². The molecule has 9 heteroatoms. The Kier molecular flexibility index (Phi) is 5.71. The largest absolute Gasteiger partial charge is 0.326 e. The van der Waals surface area contributed by atoms with Gasteiger partial charge < -0.3 is 10.2 Å². The molecule has 0 spiro atoms. The van der Waals surface area contributed by atoms with Crippen LogP contribution in [0.15, 0.2) is 29.2 Å². The number of benzene rings is 1. The van der Waals surface area contributed by atoms with E-state index in [4.69, 9.17) is 5.26 Å². The van der Waals surface area contributed by atoms with E-state index < -0.39 is 15.6 Å². The van der Waals surface area contributed by atoms with Gasteiger partial charge in [-0.3, -0.25) is 4.79 Å². The first-order valence-corrected chi connectivity index (χ1v) is 13.6. The lowest BCUT2D eigenvalue weighted by Crippen LogP contribution is -2.64. The number of nitriles is 2. The third-order valence-electron chi connectivity index (χ3n) is 8.60. The quantitative estimate of drug-likeness (QED) is 0.642. The van der Waals surface area contributed by atoms with Crippen molar-refractivity contribution >= 4 is 15.9 Å². The van der Waals surface area contributed by atoms with Gasteiger partial charge in [-0.25, -0.2) is 13.1 Å². The standard InChI is InChI=1S/C25H31N5O3S/c1-24(28-16-23(31)30-7-3-5-20(30)15-27)10-18-9-22-19(12-24)13-25(22,11-18)29-34(32,33)21-6-2-4-17(8-21)14-26/h2,4,6,8,18-20,22,28-29H,3,5,7,9-13,16H2,1H3. The molecule has 4 fully saturated rings. The number of carbonyl (C=O) groups excluding carboxylic acids is 1. The highest BCUT2D eigenvalue weighted by Gasteiger charge is 2.63. The van der Waals surface area contributed by atoms with Gasteiger partial charge in [-0.2, -0.15) is 10.5 Å². The highest BCUT2D eigenvalue weighted by atomic mass is 32.2. The molecule has 6 unspecified atom stereocenters. The molecule has 1 aromatic carbocycles. The zero-order chi connectivity index (χ0) is 24.1. The minimum Gasteiger partial charge on any atom is -0.326 e. The summed E-state index contributed by atoms with van der Waals surface area (Å²) < 4.78 is 29.3. The van der Waals surface area contributed by atoms with E-state index in [1.807, 2.05) is 6.07 Å². The smallest absolute Gasteiger partial charge is 0.241 e. The molecule has 3 saturated carbocycles. The maximum atomic E-state index is 13.1. The number of likely N-dealkylation sites (tertiary alicyclic amines) is 1. The van der Waals surface area contributed by atoms with E-state index in [2.05, 4.69) is 23.0 Å². The van der Waals surface area contributed by atoms with Gasteiger partial charge in [-0.05, 0) is 87.8 Å². The van der Waals surface area contributed by atoms with Gasteiger partial charge in [-0.15, -0.1) is 0 Å². The van der Waals surface area contributed by atoms with Crippen LogP contribution < -0.4 is 10.0 Å². The summed E-state index contributed by atoms with van der Waals surface area (Å²) in [5, 5.41) is 21.9. The summed E-state index contributed by atoms with van der Waals surface area (Å²) in [5.74, 6) is 1.09. The lowest BCUT2D eigenvalue weighted by atomic mass is 9.57. The van der Waals surface area contributed by atoms with Crippen molar-refractivity contribution in [1.29, 1.82) is 10.5 Å². The first-order valence-electron chi connectivity index (χ1n) is 12.2. The van der Waals surface area contributed by atoms with Crippen molar-refractivity contribution in [2.24, 2.45) is 17.8 Å². The summed E-state index contributed by atoms with van der Waals surface area (Å²) in [6, 6.07) is 10.1. The van der Waals surface area contributed by atoms with Gasteiger partial charge in [-0.1, -0.05) is 6.07 Å². The zero-order valence-electron chi connectivity index (χ0n) is 19.5. The Bertz CT molecular complexity index is 1180. The molecule has 1 aliphatic heterocycles. The van der Waals surface area contributed by atoms with Gasteiger partial charge >= 0.3 is 0 Å². The molecule has 6 atom stereocenters. The van der Waals surface area contributed by atoms with E-state index in [9.17, 15) is 18.5 Å². The number of rotatable bonds is 6. The van der Waals surface area contributed by atoms with Gasteiger partial charge in [0, 0.05) is 17.6 Å². The average Bonchev–Trinajstić information content (AvgIpc) is 3.35. The number of nitrogens with one attached hydrogen (secondary N) is 2. The van der Waals surface area contributed by atoms with E-state index >= 15 is 0 Å². The van der Waals surface area contributed by atoms with Crippen LogP contribution in [0.1, 0.15) is 57.4 Å². The predicted molar refractivity (Wildman–Crippen MR) is 125 cm³/mol. The summed E-state index contributed by atoms with van der Waals surface area (Å²) in [4.78, 5) is 14.6. The van der Waals surface area contributed by atoms with Crippen LogP contribution in [-0.4, -0.2) is 49.4 Å². The van der Waals surface area contributed by atoms with Crippen molar-refractivity contribution < 1.29 is 13.2 Å². The molecule has 1 aromatic rings. The zero-order valence-corrected chi connectivity index (χ0v) is 20.3. The van der Waals surface area contributed by atoms with Gasteiger partial charge in [0.25, 0.3) is 0 Å². The molecular formula is C25H31N5O3S. The Labute approximate surface area is 201 Å². The number of fused-ring (bicyclic) bond motifs is 1. The number of hydrogen-bond acceptors (Lipinski definition) is 6. The fourth-order valence-electron chi connectivity index (χ4n) is 7.28. The van der Waals surface area contributed by atoms with Crippen LogP contribution in [0.2, 0.25) is 0 Å². The van der Waals surface area contributed by atoms with Crippen molar-refractivity contribution in [3.63, 3.8) is 0 Å². The lowest BCUT2D eigenvalue weighted by molar-refractivity contribution is -0.130. The summed E-state index contributed by atoms with van der Waals surface area (Å²) in [6.07, 6.45) is 6.06. The molecule has 1 amide bonds. The van der Waals surface area contributed by atoms with E-state index in [0.717, 1.165) is 44.9 Å². The third kappa shape index (κ3) is 4.00. The van der Waals surface area contributed by atoms with Crippen molar-refractivity contribution in [3.8, 4) is 12.1 Å². The normalized spacial score (nSPS) is 36.3. The molecule has 8 nitrogen and oxygen atoms in total. The Morgan fingerprint density at radius 2 is 2.06 bits per heavy atom. The van der Waals surface area contributed by atoms with Crippen LogP contribution in [-0.2, 0) is 14.8 Å². The van der Waals surface area contributed by atoms with Gasteiger partial charge in [0.1, 0.15) is 6.04 Å². The molecule has 0 aromatic heterocycles. The predicted octanol–water partition coefficient (Wildman–Crippen LogP) is 2.28. The molecule has 5 rings (SSSR count). The van der Waals surface area contributed by atoms with Crippen molar-refractivity contribution in [2.45, 2.75) is 73.9 Å². The molecule has 34 heavy (non-hydrogen) atoms. The maximum absolute atomic E-state index is 13.1. The summed E-state index contributed by atoms with van der Waals surface area (Å²) in [7, 11) is -3.71. The average molecular weight is 482 g/mol. The van der Waals surface area contributed by atoms with E-state index in [1.54, 1.807) is 23.1 Å². The van der Waals surface area contributed by atoms with Crippen LogP contribution in [0.3, 0.4) is 0 Å².